The fourth-order valence-electron chi connectivity index (χ4n) is 2.64. The fourth-order valence-corrected chi connectivity index (χ4v) is 2.64. The van der Waals surface area contributed by atoms with E-state index >= 15 is 0 Å². The van der Waals surface area contributed by atoms with Crippen LogP contribution in [0.2, 0.25) is 0 Å². The topological polar surface area (TPSA) is 15.3 Å². The van der Waals surface area contributed by atoms with E-state index in [1.165, 1.54) is 49.9 Å². The molecule has 1 atom stereocenters. The number of hydrogen-bond donors (Lipinski definition) is 1. The van der Waals surface area contributed by atoms with E-state index in [9.17, 15) is 0 Å². The largest absolute Gasteiger partial charge is 0.310 e. The molecule has 94 valence electrons. The highest BCUT2D eigenvalue weighted by molar-refractivity contribution is 5.30. The first-order valence-corrected chi connectivity index (χ1v) is 6.73. The average molecular weight is 232 g/mol. The molecule has 1 saturated heterocycles. The minimum atomic E-state index is 0.602. The van der Waals surface area contributed by atoms with Crippen LogP contribution in [0.5, 0.6) is 0 Å². The van der Waals surface area contributed by atoms with E-state index in [0.29, 0.717) is 6.04 Å². The predicted octanol–water partition coefficient (Wildman–Crippen LogP) is 2.61. The van der Waals surface area contributed by atoms with Crippen molar-refractivity contribution in [3.05, 3.63) is 35.4 Å². The molecule has 1 aromatic carbocycles. The van der Waals surface area contributed by atoms with E-state index in [1.807, 2.05) is 0 Å². The third kappa shape index (κ3) is 3.55. The van der Waals surface area contributed by atoms with Crippen LogP contribution in [0, 0.1) is 0 Å². The molecule has 1 N–H and O–H groups in total. The molecule has 0 aliphatic carbocycles. The zero-order valence-electron chi connectivity index (χ0n) is 11.1. The molecule has 1 heterocycles. The first-order valence-electron chi connectivity index (χ1n) is 6.73. The summed E-state index contributed by atoms with van der Waals surface area (Å²) in [6.45, 7) is 2.35. The lowest BCUT2D eigenvalue weighted by Gasteiger charge is -2.16. The van der Waals surface area contributed by atoms with Crippen LogP contribution in [0.3, 0.4) is 0 Å². The monoisotopic (exact) mass is 232 g/mol. The van der Waals surface area contributed by atoms with Crippen molar-refractivity contribution in [1.82, 2.24) is 10.2 Å². The maximum Gasteiger partial charge on any atom is 0.0323 e. The lowest BCUT2D eigenvalue weighted by atomic mass is 9.96. The number of benzene rings is 1. The van der Waals surface area contributed by atoms with Crippen LogP contribution in [0.15, 0.2) is 24.3 Å². The summed E-state index contributed by atoms with van der Waals surface area (Å²) in [5, 5.41) is 3.60. The summed E-state index contributed by atoms with van der Waals surface area (Å²) >= 11 is 0. The molecule has 0 radical (unpaired) electrons. The molecule has 1 unspecified atom stereocenters. The van der Waals surface area contributed by atoms with E-state index in [2.05, 4.69) is 48.6 Å². The van der Waals surface area contributed by atoms with Crippen molar-refractivity contribution in [3.63, 3.8) is 0 Å². The van der Waals surface area contributed by atoms with Crippen LogP contribution in [-0.2, 0) is 6.42 Å². The first-order chi connectivity index (χ1) is 8.27. The molecule has 0 aromatic heterocycles. The molecule has 17 heavy (non-hydrogen) atoms. The summed E-state index contributed by atoms with van der Waals surface area (Å²) in [6, 6.07) is 9.54. The molecule has 1 aromatic rings. The van der Waals surface area contributed by atoms with E-state index in [0.717, 1.165) is 0 Å². The van der Waals surface area contributed by atoms with Gasteiger partial charge in [-0.1, -0.05) is 24.3 Å². The zero-order valence-corrected chi connectivity index (χ0v) is 11.1. The molecular weight excluding hydrogens is 208 g/mol. The quantitative estimate of drug-likeness (QED) is 0.839. The molecule has 0 spiro atoms. The number of rotatable bonds is 5. The summed E-state index contributed by atoms with van der Waals surface area (Å²) in [4.78, 5) is 2.26. The molecule has 2 nitrogen and oxygen atoms in total. The third-order valence-corrected chi connectivity index (χ3v) is 3.54. The van der Waals surface area contributed by atoms with Gasteiger partial charge in [-0.05, 0) is 64.0 Å². The average Bonchev–Trinajstić information content (AvgIpc) is 2.82. The van der Waals surface area contributed by atoms with Crippen molar-refractivity contribution < 1.29 is 0 Å². The van der Waals surface area contributed by atoms with Crippen LogP contribution in [0.4, 0.5) is 0 Å². The van der Waals surface area contributed by atoms with Gasteiger partial charge in [0.2, 0.25) is 0 Å². The van der Waals surface area contributed by atoms with Crippen LogP contribution in [0.25, 0.3) is 0 Å². The molecule has 1 fully saturated rings. The van der Waals surface area contributed by atoms with Crippen molar-refractivity contribution in [2.45, 2.75) is 31.7 Å². The second kappa shape index (κ2) is 6.18. The van der Waals surface area contributed by atoms with Gasteiger partial charge in [-0.15, -0.1) is 0 Å². The van der Waals surface area contributed by atoms with E-state index < -0.39 is 0 Å². The molecule has 1 aliphatic heterocycles. The highest BCUT2D eigenvalue weighted by Crippen LogP contribution is 2.26. The molecule has 0 amide bonds. The molecule has 1 aliphatic rings. The maximum absolute atomic E-state index is 3.60. The van der Waals surface area contributed by atoms with Crippen LogP contribution >= 0.6 is 0 Å². The minimum Gasteiger partial charge on any atom is -0.310 e. The van der Waals surface area contributed by atoms with Crippen molar-refractivity contribution in [2.24, 2.45) is 0 Å². The lowest BCUT2D eigenvalue weighted by molar-refractivity contribution is 0.400. The fraction of sp³-hybridized carbons (Fsp3) is 0.600. The zero-order chi connectivity index (χ0) is 12.1. The van der Waals surface area contributed by atoms with E-state index in [1.54, 1.807) is 0 Å². The Bertz CT molecular complexity index is 341. The Morgan fingerprint density at radius 1 is 1.29 bits per heavy atom. The van der Waals surface area contributed by atoms with Crippen molar-refractivity contribution in [3.8, 4) is 0 Å². The SMILES string of the molecule is CN(C)CCCc1ccccc1C1CCCN1. The van der Waals surface area contributed by atoms with Gasteiger partial charge in [-0.25, -0.2) is 0 Å². The first kappa shape index (κ1) is 12.6. The van der Waals surface area contributed by atoms with Crippen LogP contribution in [-0.4, -0.2) is 32.1 Å². The van der Waals surface area contributed by atoms with Crippen molar-refractivity contribution in [2.75, 3.05) is 27.2 Å². The van der Waals surface area contributed by atoms with Gasteiger partial charge in [-0.3, -0.25) is 0 Å². The van der Waals surface area contributed by atoms with Crippen LogP contribution in [0.1, 0.15) is 36.4 Å². The van der Waals surface area contributed by atoms with Gasteiger partial charge >= 0.3 is 0 Å². The maximum atomic E-state index is 3.60. The van der Waals surface area contributed by atoms with Crippen molar-refractivity contribution >= 4 is 0 Å². The minimum absolute atomic E-state index is 0.602. The Kier molecular flexibility index (Phi) is 4.57. The summed E-state index contributed by atoms with van der Waals surface area (Å²) in [5.74, 6) is 0. The van der Waals surface area contributed by atoms with Gasteiger partial charge in [0, 0.05) is 6.04 Å². The molecule has 0 bridgehead atoms. The Labute approximate surface area is 105 Å². The highest BCUT2D eigenvalue weighted by atomic mass is 15.0. The van der Waals surface area contributed by atoms with E-state index in [-0.39, 0.29) is 0 Å². The number of nitrogens with one attached hydrogen (secondary N) is 1. The predicted molar refractivity (Wildman–Crippen MR) is 73.3 cm³/mol. The summed E-state index contributed by atoms with van der Waals surface area (Å²) in [7, 11) is 4.29. The normalized spacial score (nSPS) is 20.1. The van der Waals surface area contributed by atoms with Gasteiger partial charge < -0.3 is 10.2 Å². The number of aryl methyl sites for hydroxylation is 1. The smallest absolute Gasteiger partial charge is 0.0323 e. The Morgan fingerprint density at radius 2 is 2.12 bits per heavy atom. The highest BCUT2D eigenvalue weighted by Gasteiger charge is 2.18. The Morgan fingerprint density at radius 3 is 2.82 bits per heavy atom. The van der Waals surface area contributed by atoms with Gasteiger partial charge in [0.25, 0.3) is 0 Å². The second-order valence-corrected chi connectivity index (χ2v) is 5.25. The van der Waals surface area contributed by atoms with E-state index in [4.69, 9.17) is 0 Å². The van der Waals surface area contributed by atoms with Gasteiger partial charge in [-0.2, -0.15) is 0 Å². The summed E-state index contributed by atoms with van der Waals surface area (Å²) < 4.78 is 0. The Hall–Kier alpha value is -0.860. The Balaban J connectivity index is 2.00. The van der Waals surface area contributed by atoms with Gasteiger partial charge in [0.1, 0.15) is 0 Å². The third-order valence-electron chi connectivity index (χ3n) is 3.54. The molecular formula is C15H24N2. The molecule has 2 rings (SSSR count). The number of hydrogen-bond acceptors (Lipinski definition) is 2. The van der Waals surface area contributed by atoms with Crippen LogP contribution < -0.4 is 5.32 Å². The summed E-state index contributed by atoms with van der Waals surface area (Å²) in [6.07, 6.45) is 5.06. The lowest BCUT2D eigenvalue weighted by Crippen LogP contribution is -2.16. The molecule has 0 saturated carbocycles. The van der Waals surface area contributed by atoms with Crippen molar-refractivity contribution in [1.29, 1.82) is 0 Å². The van der Waals surface area contributed by atoms with Gasteiger partial charge in [0.05, 0.1) is 0 Å². The van der Waals surface area contributed by atoms with Gasteiger partial charge in [0.15, 0.2) is 0 Å². The summed E-state index contributed by atoms with van der Waals surface area (Å²) in [5.41, 5.74) is 3.07. The molecule has 2 heteroatoms. The number of nitrogens with zero attached hydrogens (tertiary/aromatic N) is 1. The standard InChI is InChI=1S/C15H24N2/c1-17(2)12-6-8-13-7-3-4-9-14(13)15-10-5-11-16-15/h3-4,7,9,15-16H,5-6,8,10-12H2,1-2H3. The second-order valence-electron chi connectivity index (χ2n) is 5.25.